The van der Waals surface area contributed by atoms with E-state index in [1.807, 2.05) is 31.2 Å². The Morgan fingerprint density at radius 3 is 2.33 bits per heavy atom. The van der Waals surface area contributed by atoms with Crippen LogP contribution in [0.25, 0.3) is 0 Å². The summed E-state index contributed by atoms with van der Waals surface area (Å²) in [6.07, 6.45) is 0.629. The van der Waals surface area contributed by atoms with Crippen LogP contribution in [0.2, 0.25) is 0 Å². The molecule has 0 aliphatic carbocycles. The van der Waals surface area contributed by atoms with Gasteiger partial charge in [0.1, 0.15) is 11.6 Å². The molecule has 0 spiro atoms. The zero-order valence-electron chi connectivity index (χ0n) is 15.7. The first-order valence-corrected chi connectivity index (χ1v) is 8.90. The van der Waals surface area contributed by atoms with Gasteiger partial charge in [-0.3, -0.25) is 9.59 Å². The summed E-state index contributed by atoms with van der Waals surface area (Å²) in [6.45, 7) is 4.67. The maximum absolute atomic E-state index is 12.9. The second kappa shape index (κ2) is 10.3. The Labute approximate surface area is 159 Å². The number of rotatable bonds is 9. The Bertz CT molecular complexity index is 745. The first-order valence-electron chi connectivity index (χ1n) is 8.90. The minimum Gasteiger partial charge on any atom is -0.484 e. The summed E-state index contributed by atoms with van der Waals surface area (Å²) in [6, 6.07) is 13.7. The molecule has 0 bridgehead atoms. The van der Waals surface area contributed by atoms with Crippen molar-refractivity contribution in [2.45, 2.75) is 20.3 Å². The molecule has 0 radical (unpaired) electrons. The van der Waals surface area contributed by atoms with Gasteiger partial charge in [-0.15, -0.1) is 0 Å². The van der Waals surface area contributed by atoms with Crippen molar-refractivity contribution in [2.75, 3.05) is 26.2 Å². The van der Waals surface area contributed by atoms with Gasteiger partial charge in [-0.1, -0.05) is 29.8 Å². The Morgan fingerprint density at radius 1 is 1.04 bits per heavy atom. The summed E-state index contributed by atoms with van der Waals surface area (Å²) in [5.41, 5.74) is 2.08. The molecule has 144 valence electrons. The number of hydrogen-bond donors (Lipinski definition) is 1. The van der Waals surface area contributed by atoms with Crippen LogP contribution in [-0.4, -0.2) is 43.0 Å². The second-order valence-electron chi connectivity index (χ2n) is 6.33. The second-order valence-corrected chi connectivity index (χ2v) is 6.33. The predicted octanol–water partition coefficient (Wildman–Crippen LogP) is 2.72. The van der Waals surface area contributed by atoms with Gasteiger partial charge in [-0.05, 0) is 43.2 Å². The standard InChI is InChI=1S/C21H25FN2O3/c1-16-3-9-20(10-4-16)27-15-21(26)23-12-14-24(17(2)25)13-11-18-5-7-19(22)8-6-18/h3-10H,11-15H2,1-2H3,(H,23,26). The number of aryl methyl sites for hydroxylation is 1. The highest BCUT2D eigenvalue weighted by Crippen LogP contribution is 2.10. The molecule has 0 heterocycles. The maximum atomic E-state index is 12.9. The third-order valence-corrected chi connectivity index (χ3v) is 4.12. The fourth-order valence-electron chi connectivity index (χ4n) is 2.51. The monoisotopic (exact) mass is 372 g/mol. The number of hydrogen-bond acceptors (Lipinski definition) is 3. The molecule has 0 aliphatic heterocycles. The van der Waals surface area contributed by atoms with E-state index in [-0.39, 0.29) is 24.2 Å². The average molecular weight is 372 g/mol. The van der Waals surface area contributed by atoms with Crippen LogP contribution in [0.3, 0.4) is 0 Å². The van der Waals surface area contributed by atoms with Gasteiger partial charge in [0.2, 0.25) is 5.91 Å². The molecule has 5 nitrogen and oxygen atoms in total. The number of ether oxygens (including phenoxy) is 1. The van der Waals surface area contributed by atoms with Crippen LogP contribution in [0.1, 0.15) is 18.1 Å². The van der Waals surface area contributed by atoms with Gasteiger partial charge >= 0.3 is 0 Å². The highest BCUT2D eigenvalue weighted by molar-refractivity contribution is 5.77. The van der Waals surface area contributed by atoms with E-state index in [2.05, 4.69) is 5.32 Å². The van der Waals surface area contributed by atoms with Gasteiger partial charge < -0.3 is 15.0 Å². The van der Waals surface area contributed by atoms with Crippen LogP contribution in [0.15, 0.2) is 48.5 Å². The molecular formula is C21H25FN2O3. The third-order valence-electron chi connectivity index (χ3n) is 4.12. The summed E-state index contributed by atoms with van der Waals surface area (Å²) >= 11 is 0. The molecule has 0 aromatic heterocycles. The number of nitrogens with zero attached hydrogens (tertiary/aromatic N) is 1. The fourth-order valence-corrected chi connectivity index (χ4v) is 2.51. The largest absolute Gasteiger partial charge is 0.484 e. The van der Waals surface area contributed by atoms with Crippen LogP contribution in [0.5, 0.6) is 5.75 Å². The van der Waals surface area contributed by atoms with Gasteiger partial charge in [0, 0.05) is 26.6 Å². The molecule has 0 unspecified atom stereocenters. The molecule has 2 aromatic carbocycles. The van der Waals surface area contributed by atoms with Crippen molar-refractivity contribution in [1.29, 1.82) is 0 Å². The van der Waals surface area contributed by atoms with Gasteiger partial charge in [-0.25, -0.2) is 4.39 Å². The van der Waals surface area contributed by atoms with Crippen LogP contribution < -0.4 is 10.1 Å². The summed E-state index contributed by atoms with van der Waals surface area (Å²) in [5.74, 6) is 0.0537. The predicted molar refractivity (Wildman–Crippen MR) is 102 cm³/mol. The lowest BCUT2D eigenvalue weighted by Crippen LogP contribution is -2.39. The quantitative estimate of drug-likeness (QED) is 0.736. The average Bonchev–Trinajstić information content (AvgIpc) is 2.65. The van der Waals surface area contributed by atoms with E-state index >= 15 is 0 Å². The molecule has 0 saturated heterocycles. The molecule has 0 atom stereocenters. The van der Waals surface area contributed by atoms with Crippen molar-refractivity contribution in [2.24, 2.45) is 0 Å². The lowest BCUT2D eigenvalue weighted by molar-refractivity contribution is -0.129. The van der Waals surface area contributed by atoms with E-state index in [4.69, 9.17) is 4.74 Å². The van der Waals surface area contributed by atoms with E-state index < -0.39 is 0 Å². The summed E-state index contributed by atoms with van der Waals surface area (Å²) in [4.78, 5) is 25.3. The van der Waals surface area contributed by atoms with E-state index in [1.54, 1.807) is 17.0 Å². The zero-order valence-corrected chi connectivity index (χ0v) is 15.7. The number of carbonyl (C=O) groups is 2. The summed E-state index contributed by atoms with van der Waals surface area (Å²) in [7, 11) is 0. The molecule has 0 aliphatic rings. The maximum Gasteiger partial charge on any atom is 0.258 e. The first-order chi connectivity index (χ1) is 12.9. The van der Waals surface area contributed by atoms with E-state index in [0.717, 1.165) is 11.1 Å². The number of amides is 2. The molecule has 27 heavy (non-hydrogen) atoms. The van der Waals surface area contributed by atoms with Gasteiger partial charge in [0.05, 0.1) is 0 Å². The zero-order chi connectivity index (χ0) is 19.6. The molecular weight excluding hydrogens is 347 g/mol. The first kappa shape index (κ1) is 20.4. The van der Waals surface area contributed by atoms with Gasteiger partial charge in [0.15, 0.2) is 6.61 Å². The molecule has 2 amide bonds. The minimum absolute atomic E-state index is 0.0673. The van der Waals surface area contributed by atoms with Crippen LogP contribution >= 0.6 is 0 Å². The van der Waals surface area contributed by atoms with Crippen molar-refractivity contribution < 1.29 is 18.7 Å². The van der Waals surface area contributed by atoms with Gasteiger partial charge in [-0.2, -0.15) is 0 Å². The number of halogens is 1. The Hall–Kier alpha value is -2.89. The SMILES string of the molecule is CC(=O)N(CCNC(=O)COc1ccc(C)cc1)CCc1ccc(F)cc1. The fraction of sp³-hybridized carbons (Fsp3) is 0.333. The highest BCUT2D eigenvalue weighted by Gasteiger charge is 2.10. The summed E-state index contributed by atoms with van der Waals surface area (Å²) in [5, 5.41) is 2.75. The number of carbonyl (C=O) groups excluding carboxylic acids is 2. The molecule has 2 aromatic rings. The number of benzene rings is 2. The highest BCUT2D eigenvalue weighted by atomic mass is 19.1. The van der Waals surface area contributed by atoms with Crippen LogP contribution in [-0.2, 0) is 16.0 Å². The van der Waals surface area contributed by atoms with Crippen molar-refractivity contribution >= 4 is 11.8 Å². The third kappa shape index (κ3) is 7.48. The summed E-state index contributed by atoms with van der Waals surface area (Å²) < 4.78 is 18.3. The van der Waals surface area contributed by atoms with Crippen LogP contribution in [0, 0.1) is 12.7 Å². The van der Waals surface area contributed by atoms with Gasteiger partial charge in [0.25, 0.3) is 5.91 Å². The molecule has 6 heteroatoms. The lowest BCUT2D eigenvalue weighted by atomic mass is 10.1. The Kier molecular flexibility index (Phi) is 7.79. The molecule has 0 fully saturated rings. The van der Waals surface area contributed by atoms with Crippen molar-refractivity contribution in [3.63, 3.8) is 0 Å². The smallest absolute Gasteiger partial charge is 0.258 e. The molecule has 2 rings (SSSR count). The van der Waals surface area contributed by atoms with Crippen molar-refractivity contribution in [1.82, 2.24) is 10.2 Å². The van der Waals surface area contributed by atoms with E-state index in [1.165, 1.54) is 19.1 Å². The van der Waals surface area contributed by atoms with Crippen LogP contribution in [0.4, 0.5) is 4.39 Å². The minimum atomic E-state index is -0.280. The molecule has 1 N–H and O–H groups in total. The Balaban J connectivity index is 1.70. The van der Waals surface area contributed by atoms with Crippen molar-refractivity contribution in [3.05, 3.63) is 65.5 Å². The van der Waals surface area contributed by atoms with E-state index in [9.17, 15) is 14.0 Å². The Morgan fingerprint density at radius 2 is 1.70 bits per heavy atom. The topological polar surface area (TPSA) is 58.6 Å². The van der Waals surface area contributed by atoms with Crippen molar-refractivity contribution in [3.8, 4) is 5.75 Å². The molecule has 0 saturated carbocycles. The van der Waals surface area contributed by atoms with E-state index in [0.29, 0.717) is 31.8 Å². The number of nitrogens with one attached hydrogen (secondary N) is 1. The normalized spacial score (nSPS) is 10.3. The lowest BCUT2D eigenvalue weighted by Gasteiger charge is -2.21.